The molecule has 8 heteroatoms. The molecule has 0 spiro atoms. The van der Waals surface area contributed by atoms with Crippen molar-refractivity contribution in [1.82, 2.24) is 5.32 Å². The fourth-order valence-corrected chi connectivity index (χ4v) is 2.76. The van der Waals surface area contributed by atoms with E-state index < -0.39 is 0 Å². The van der Waals surface area contributed by atoms with Gasteiger partial charge >= 0.3 is 11.9 Å². The molecule has 162 valence electrons. The molecule has 0 aliphatic heterocycles. The third kappa shape index (κ3) is 9.43. The van der Waals surface area contributed by atoms with Crippen molar-refractivity contribution in [1.29, 1.82) is 0 Å². The van der Waals surface area contributed by atoms with E-state index in [1.807, 2.05) is 0 Å². The molecule has 0 atom stereocenters. The molecule has 0 rings (SSSR count). The summed E-state index contributed by atoms with van der Waals surface area (Å²) in [5.74, 6) is 1.78. The molecule has 0 saturated carbocycles. The van der Waals surface area contributed by atoms with E-state index in [4.69, 9.17) is 28.4 Å². The van der Waals surface area contributed by atoms with Crippen LogP contribution >= 0.6 is 0 Å². The first-order valence-corrected chi connectivity index (χ1v) is 9.14. The maximum atomic E-state index is 11.8. The Labute approximate surface area is 168 Å². The average Bonchev–Trinajstić information content (AvgIpc) is 2.72. The Hall–Kier alpha value is -2.51. The number of amides is 1. The van der Waals surface area contributed by atoms with Crippen molar-refractivity contribution >= 4 is 5.91 Å². The van der Waals surface area contributed by atoms with E-state index in [9.17, 15) is 4.79 Å². The molecule has 1 amide bonds. The molecule has 0 aliphatic rings. The van der Waals surface area contributed by atoms with E-state index in [-0.39, 0.29) is 11.9 Å². The minimum atomic E-state index is -0.195. The Kier molecular flexibility index (Phi) is 14.1. The molecular formula is C20H35NO7. The van der Waals surface area contributed by atoms with Gasteiger partial charge in [0.1, 0.15) is 0 Å². The van der Waals surface area contributed by atoms with Crippen LogP contribution in [0.15, 0.2) is 36.1 Å². The molecule has 0 aromatic heterocycles. The van der Waals surface area contributed by atoms with Crippen LogP contribution in [0.4, 0.5) is 0 Å². The number of hydrogen-bond acceptors (Lipinski definition) is 7. The standard InChI is InChI=1S/C20H35NO7/c1-8-18(22)21-15(11-9-13-16(23-2)19(25-4)26-5)12-10-14-17(24-3)20(27-6)28-7/h8,15H,1,9-14H2,2-7H3,(H,21,22). The van der Waals surface area contributed by atoms with Gasteiger partial charge in [0.25, 0.3) is 0 Å². The van der Waals surface area contributed by atoms with Gasteiger partial charge in [0, 0.05) is 18.9 Å². The van der Waals surface area contributed by atoms with Crippen LogP contribution in [0.25, 0.3) is 0 Å². The largest absolute Gasteiger partial charge is 0.494 e. The summed E-state index contributed by atoms with van der Waals surface area (Å²) in [5, 5.41) is 2.97. The number of rotatable bonds is 16. The van der Waals surface area contributed by atoms with Gasteiger partial charge in [-0.2, -0.15) is 0 Å². The summed E-state index contributed by atoms with van der Waals surface area (Å²) in [6, 6.07) is -0.0104. The van der Waals surface area contributed by atoms with Gasteiger partial charge in [-0.15, -0.1) is 0 Å². The minimum Gasteiger partial charge on any atom is -0.494 e. The molecule has 0 heterocycles. The van der Waals surface area contributed by atoms with Crippen LogP contribution in [0.5, 0.6) is 0 Å². The number of methoxy groups -OCH3 is 6. The van der Waals surface area contributed by atoms with Crippen LogP contribution in [0.2, 0.25) is 0 Å². The summed E-state index contributed by atoms with van der Waals surface area (Å²) >= 11 is 0. The molecule has 0 fully saturated rings. The first kappa shape index (κ1) is 25.5. The highest BCUT2D eigenvalue weighted by atomic mass is 16.7. The maximum absolute atomic E-state index is 11.8. The lowest BCUT2D eigenvalue weighted by molar-refractivity contribution is -0.117. The molecule has 8 nitrogen and oxygen atoms in total. The second-order valence-corrected chi connectivity index (χ2v) is 5.84. The molecule has 0 aromatic carbocycles. The summed E-state index contributed by atoms with van der Waals surface area (Å²) in [7, 11) is 9.26. The lowest BCUT2D eigenvalue weighted by atomic mass is 10.0. The van der Waals surface area contributed by atoms with Gasteiger partial charge < -0.3 is 33.7 Å². The van der Waals surface area contributed by atoms with Crippen molar-refractivity contribution in [2.75, 3.05) is 42.7 Å². The van der Waals surface area contributed by atoms with E-state index in [1.165, 1.54) is 34.5 Å². The van der Waals surface area contributed by atoms with E-state index in [2.05, 4.69) is 11.9 Å². The van der Waals surface area contributed by atoms with Gasteiger partial charge in [-0.1, -0.05) is 6.58 Å². The molecule has 0 aromatic rings. The van der Waals surface area contributed by atoms with Crippen LogP contribution in [0, 0.1) is 0 Å². The van der Waals surface area contributed by atoms with Gasteiger partial charge in [-0.25, -0.2) is 0 Å². The summed E-state index contributed by atoms with van der Waals surface area (Å²) in [6.07, 6.45) is 5.64. The van der Waals surface area contributed by atoms with Gasteiger partial charge in [0.15, 0.2) is 11.5 Å². The fourth-order valence-electron chi connectivity index (χ4n) is 2.76. The highest BCUT2D eigenvalue weighted by molar-refractivity contribution is 5.87. The van der Waals surface area contributed by atoms with Crippen molar-refractivity contribution in [2.24, 2.45) is 0 Å². The van der Waals surface area contributed by atoms with Gasteiger partial charge in [-0.05, 0) is 31.8 Å². The monoisotopic (exact) mass is 401 g/mol. The number of carbonyl (C=O) groups excluding carboxylic acids is 1. The second-order valence-electron chi connectivity index (χ2n) is 5.84. The summed E-state index contributed by atoms with van der Waals surface area (Å²) in [4.78, 5) is 11.8. The molecular weight excluding hydrogens is 366 g/mol. The molecule has 28 heavy (non-hydrogen) atoms. The Morgan fingerprint density at radius 2 is 1.18 bits per heavy atom. The van der Waals surface area contributed by atoms with E-state index >= 15 is 0 Å². The quantitative estimate of drug-likeness (QED) is 0.314. The Bertz CT molecular complexity index is 481. The molecule has 0 aliphatic carbocycles. The Balaban J connectivity index is 4.83. The molecule has 0 bridgehead atoms. The number of nitrogens with one attached hydrogen (secondary N) is 1. The van der Waals surface area contributed by atoms with Crippen LogP contribution in [0.3, 0.4) is 0 Å². The maximum Gasteiger partial charge on any atom is 0.318 e. The van der Waals surface area contributed by atoms with Gasteiger partial charge in [-0.3, -0.25) is 4.79 Å². The van der Waals surface area contributed by atoms with Gasteiger partial charge in [0.05, 0.1) is 42.7 Å². The second kappa shape index (κ2) is 15.5. The zero-order chi connectivity index (χ0) is 21.4. The fraction of sp³-hybridized carbons (Fsp3) is 0.650. The normalized spacial score (nSPS) is 9.82. The predicted molar refractivity (Wildman–Crippen MR) is 106 cm³/mol. The highest BCUT2D eigenvalue weighted by Gasteiger charge is 2.15. The highest BCUT2D eigenvalue weighted by Crippen LogP contribution is 2.19. The van der Waals surface area contributed by atoms with Crippen molar-refractivity contribution < 1.29 is 33.2 Å². The third-order valence-electron chi connectivity index (χ3n) is 4.13. The summed E-state index contributed by atoms with van der Waals surface area (Å²) < 4.78 is 31.2. The number of allylic oxidation sites excluding steroid dienone is 2. The van der Waals surface area contributed by atoms with Crippen molar-refractivity contribution in [3.63, 3.8) is 0 Å². The first-order valence-electron chi connectivity index (χ1n) is 9.14. The van der Waals surface area contributed by atoms with Crippen LogP contribution in [0.1, 0.15) is 38.5 Å². The zero-order valence-corrected chi connectivity index (χ0v) is 18.0. The Morgan fingerprint density at radius 1 is 0.786 bits per heavy atom. The van der Waals surface area contributed by atoms with Gasteiger partial charge in [0.2, 0.25) is 5.91 Å². The van der Waals surface area contributed by atoms with Crippen molar-refractivity contribution in [3.8, 4) is 0 Å². The van der Waals surface area contributed by atoms with Crippen molar-refractivity contribution in [2.45, 2.75) is 44.6 Å². The number of carbonyl (C=O) groups is 1. The lowest BCUT2D eigenvalue weighted by Gasteiger charge is -2.19. The zero-order valence-electron chi connectivity index (χ0n) is 18.0. The van der Waals surface area contributed by atoms with E-state index in [0.29, 0.717) is 36.3 Å². The number of ether oxygens (including phenoxy) is 6. The first-order chi connectivity index (χ1) is 13.5. The van der Waals surface area contributed by atoms with Crippen LogP contribution in [-0.4, -0.2) is 54.6 Å². The van der Waals surface area contributed by atoms with E-state index in [1.54, 1.807) is 14.2 Å². The average molecular weight is 402 g/mol. The van der Waals surface area contributed by atoms with Crippen LogP contribution in [-0.2, 0) is 33.2 Å². The summed E-state index contributed by atoms with van der Waals surface area (Å²) in [5.41, 5.74) is 0. The minimum absolute atomic E-state index is 0.0104. The SMILES string of the molecule is C=CC(=O)NC(CCCC(OC)=C(OC)OC)CCCC(OC)=C(OC)OC. The Morgan fingerprint density at radius 3 is 1.46 bits per heavy atom. The molecule has 0 saturated heterocycles. The molecule has 0 unspecified atom stereocenters. The van der Waals surface area contributed by atoms with Crippen LogP contribution < -0.4 is 5.32 Å². The predicted octanol–water partition coefficient (Wildman–Crippen LogP) is 3.21. The molecule has 0 radical (unpaired) electrons. The smallest absolute Gasteiger partial charge is 0.318 e. The third-order valence-corrected chi connectivity index (χ3v) is 4.13. The topological polar surface area (TPSA) is 84.5 Å². The number of hydrogen-bond donors (Lipinski definition) is 1. The molecule has 1 N–H and O–H groups in total. The lowest BCUT2D eigenvalue weighted by Crippen LogP contribution is -2.33. The van der Waals surface area contributed by atoms with E-state index in [0.717, 1.165) is 25.7 Å². The summed E-state index contributed by atoms with van der Waals surface area (Å²) in [6.45, 7) is 3.51. The van der Waals surface area contributed by atoms with Crippen molar-refractivity contribution in [3.05, 3.63) is 36.1 Å².